The Balaban J connectivity index is 1.00. The van der Waals surface area contributed by atoms with E-state index in [1.807, 2.05) is 52.0 Å². The van der Waals surface area contributed by atoms with E-state index in [9.17, 15) is 0 Å². The first-order valence-electron chi connectivity index (χ1n) is 15.1. The summed E-state index contributed by atoms with van der Waals surface area (Å²) >= 11 is 7.44. The Morgan fingerprint density at radius 1 is 0.915 bits per heavy atom. The fourth-order valence-corrected chi connectivity index (χ4v) is 6.52. The van der Waals surface area contributed by atoms with Gasteiger partial charge in [-0.2, -0.15) is 0 Å². The van der Waals surface area contributed by atoms with Gasteiger partial charge in [-0.25, -0.2) is 9.97 Å². The van der Waals surface area contributed by atoms with Crippen molar-refractivity contribution in [2.24, 2.45) is 0 Å². The summed E-state index contributed by atoms with van der Waals surface area (Å²) in [4.78, 5) is 10.3. The van der Waals surface area contributed by atoms with E-state index < -0.39 is 18.3 Å². The standard InChI is InChI=1S/C35H35BBrIN4O4S/c1-34(2)35(3,4)46-36(45-34)25-18-31(33(43-5)40-20-25)42-47-28-13-8-23(9-14-28)21-44-27-11-6-22(7-12-27)19-39-32-29(37)17-24-16-26(38)10-15-30(24)41-32/h6-18,20,42H,19,21H2,1-5H3,(H,39,41). The highest BCUT2D eigenvalue weighted by Crippen LogP contribution is 2.37. The number of halogens is 2. The molecule has 1 saturated heterocycles. The normalized spacial score (nSPS) is 15.1. The molecule has 242 valence electrons. The summed E-state index contributed by atoms with van der Waals surface area (Å²) in [5.41, 5.74) is 3.88. The van der Waals surface area contributed by atoms with Crippen molar-refractivity contribution in [3.8, 4) is 11.6 Å². The van der Waals surface area contributed by atoms with Gasteiger partial charge in [-0.05, 0) is 144 Å². The monoisotopic (exact) mass is 824 g/mol. The van der Waals surface area contributed by atoms with Crippen LogP contribution in [0.15, 0.2) is 94.4 Å². The van der Waals surface area contributed by atoms with Crippen molar-refractivity contribution in [3.63, 3.8) is 0 Å². The van der Waals surface area contributed by atoms with Gasteiger partial charge in [0.2, 0.25) is 5.88 Å². The van der Waals surface area contributed by atoms with Crippen molar-refractivity contribution < 1.29 is 18.8 Å². The zero-order valence-electron chi connectivity index (χ0n) is 26.8. The molecular formula is C35H35BBrIN4O4S. The predicted molar refractivity (Wildman–Crippen MR) is 203 cm³/mol. The Labute approximate surface area is 302 Å². The maximum Gasteiger partial charge on any atom is 0.496 e. The van der Waals surface area contributed by atoms with Gasteiger partial charge in [0.25, 0.3) is 0 Å². The Kier molecular flexibility index (Phi) is 10.2. The van der Waals surface area contributed by atoms with Crippen LogP contribution in [0.25, 0.3) is 10.9 Å². The number of hydrogen-bond acceptors (Lipinski definition) is 9. The molecule has 8 nitrogen and oxygen atoms in total. The van der Waals surface area contributed by atoms with Gasteiger partial charge in [-0.15, -0.1) is 0 Å². The molecule has 5 aromatic rings. The molecule has 1 aliphatic heterocycles. The summed E-state index contributed by atoms with van der Waals surface area (Å²) in [6.07, 6.45) is 1.74. The first-order valence-corrected chi connectivity index (χ1v) is 17.8. The maximum absolute atomic E-state index is 6.20. The number of nitrogens with one attached hydrogen (secondary N) is 2. The van der Waals surface area contributed by atoms with E-state index in [1.165, 1.54) is 15.5 Å². The lowest BCUT2D eigenvalue weighted by Gasteiger charge is -2.32. The molecule has 12 heteroatoms. The second-order valence-electron chi connectivity index (χ2n) is 12.2. The largest absolute Gasteiger partial charge is 0.496 e. The SMILES string of the molecule is COc1ncc(B2OC(C)(C)C(C)(C)O2)cc1NSc1ccc(COc2ccc(CNc3nc4ccc(I)cc4cc3Br)cc2)cc1. The van der Waals surface area contributed by atoms with Gasteiger partial charge in [-0.3, -0.25) is 0 Å². The summed E-state index contributed by atoms with van der Waals surface area (Å²) in [6, 6.07) is 26.7. The van der Waals surface area contributed by atoms with E-state index >= 15 is 0 Å². The van der Waals surface area contributed by atoms with E-state index in [1.54, 1.807) is 13.3 Å². The molecule has 2 aromatic heterocycles. The number of methoxy groups -OCH3 is 1. The molecule has 1 aliphatic rings. The molecule has 1 fully saturated rings. The number of nitrogens with zero attached hydrogens (tertiary/aromatic N) is 2. The Bertz CT molecular complexity index is 1860. The van der Waals surface area contributed by atoms with E-state index in [4.69, 9.17) is 23.8 Å². The summed E-state index contributed by atoms with van der Waals surface area (Å²) in [6.45, 7) is 9.26. The second-order valence-corrected chi connectivity index (χ2v) is 15.2. The molecule has 3 aromatic carbocycles. The number of anilines is 2. The molecule has 47 heavy (non-hydrogen) atoms. The van der Waals surface area contributed by atoms with Crippen LogP contribution in [-0.2, 0) is 22.5 Å². The molecule has 6 rings (SSSR count). The number of aromatic nitrogens is 2. The minimum absolute atomic E-state index is 0.430. The van der Waals surface area contributed by atoms with Crippen molar-refractivity contribution in [2.75, 3.05) is 17.1 Å². The highest BCUT2D eigenvalue weighted by Gasteiger charge is 2.52. The number of pyridine rings is 2. The Hall–Kier alpha value is -3.04. The van der Waals surface area contributed by atoms with Gasteiger partial charge in [0.15, 0.2) is 0 Å². The minimum atomic E-state index is -0.504. The van der Waals surface area contributed by atoms with Crippen molar-refractivity contribution >= 4 is 85.5 Å². The number of benzene rings is 3. The summed E-state index contributed by atoms with van der Waals surface area (Å²) in [5.74, 6) is 2.13. The van der Waals surface area contributed by atoms with Crippen LogP contribution in [0.1, 0.15) is 38.8 Å². The molecular weight excluding hydrogens is 790 g/mol. The minimum Gasteiger partial charge on any atom is -0.489 e. The topological polar surface area (TPSA) is 86.8 Å². The van der Waals surface area contributed by atoms with Crippen LogP contribution in [0.2, 0.25) is 0 Å². The van der Waals surface area contributed by atoms with Crippen LogP contribution >= 0.6 is 50.5 Å². The van der Waals surface area contributed by atoms with Crippen LogP contribution in [-0.4, -0.2) is 35.4 Å². The second kappa shape index (κ2) is 14.2. The van der Waals surface area contributed by atoms with Gasteiger partial charge < -0.3 is 28.8 Å². The molecule has 0 unspecified atom stereocenters. The lowest BCUT2D eigenvalue weighted by atomic mass is 9.80. The van der Waals surface area contributed by atoms with E-state index in [0.717, 1.165) is 54.1 Å². The van der Waals surface area contributed by atoms with E-state index in [2.05, 4.69) is 108 Å². The van der Waals surface area contributed by atoms with Crippen LogP contribution in [0.3, 0.4) is 0 Å². The molecule has 0 amide bonds. The van der Waals surface area contributed by atoms with Crippen molar-refractivity contribution in [2.45, 2.75) is 56.9 Å². The lowest BCUT2D eigenvalue weighted by Crippen LogP contribution is -2.41. The van der Waals surface area contributed by atoms with Gasteiger partial charge in [0.1, 0.15) is 23.9 Å². The maximum atomic E-state index is 6.20. The molecule has 0 aliphatic carbocycles. The third-order valence-electron chi connectivity index (χ3n) is 8.31. The van der Waals surface area contributed by atoms with Gasteiger partial charge >= 0.3 is 7.12 Å². The smallest absolute Gasteiger partial charge is 0.489 e. The highest BCUT2D eigenvalue weighted by atomic mass is 127. The van der Waals surface area contributed by atoms with Gasteiger partial charge in [-0.1, -0.05) is 24.3 Å². The van der Waals surface area contributed by atoms with Crippen LogP contribution in [0.4, 0.5) is 11.5 Å². The number of ether oxygens (including phenoxy) is 2. The molecule has 0 radical (unpaired) electrons. The Morgan fingerprint density at radius 2 is 1.62 bits per heavy atom. The number of hydrogen-bond donors (Lipinski definition) is 2. The number of fused-ring (bicyclic) bond motifs is 1. The molecule has 2 N–H and O–H groups in total. The van der Waals surface area contributed by atoms with Crippen molar-refractivity contribution in [1.82, 2.24) is 9.97 Å². The fourth-order valence-electron chi connectivity index (χ4n) is 4.88. The third kappa shape index (κ3) is 7.99. The molecule has 0 saturated carbocycles. The molecule has 0 spiro atoms. The highest BCUT2D eigenvalue weighted by molar-refractivity contribution is 14.1. The van der Waals surface area contributed by atoms with Crippen molar-refractivity contribution in [3.05, 3.63) is 104 Å². The number of rotatable bonds is 11. The molecule has 3 heterocycles. The summed E-state index contributed by atoms with van der Waals surface area (Å²) < 4.78 is 29.5. The quantitative estimate of drug-likeness (QED) is 0.0773. The molecule has 0 atom stereocenters. The average molecular weight is 825 g/mol. The van der Waals surface area contributed by atoms with Crippen LogP contribution in [0, 0.1) is 3.57 Å². The predicted octanol–water partition coefficient (Wildman–Crippen LogP) is 8.62. The first kappa shape index (κ1) is 33.9. The zero-order chi connectivity index (χ0) is 33.2. The summed E-state index contributed by atoms with van der Waals surface area (Å²) in [7, 11) is 1.10. The third-order valence-corrected chi connectivity index (χ3v) is 10.4. The Morgan fingerprint density at radius 3 is 2.32 bits per heavy atom. The van der Waals surface area contributed by atoms with Gasteiger partial charge in [0, 0.05) is 32.1 Å². The van der Waals surface area contributed by atoms with Crippen LogP contribution in [0.5, 0.6) is 11.6 Å². The summed E-state index contributed by atoms with van der Waals surface area (Å²) in [5, 5.41) is 4.55. The van der Waals surface area contributed by atoms with Crippen molar-refractivity contribution in [1.29, 1.82) is 0 Å². The zero-order valence-corrected chi connectivity index (χ0v) is 31.3. The van der Waals surface area contributed by atoms with E-state index in [-0.39, 0.29) is 0 Å². The fraction of sp³-hybridized carbons (Fsp3) is 0.257. The van der Waals surface area contributed by atoms with E-state index in [0.29, 0.717) is 19.0 Å². The lowest BCUT2D eigenvalue weighted by molar-refractivity contribution is 0.00578. The first-order chi connectivity index (χ1) is 22.5. The average Bonchev–Trinajstić information content (AvgIpc) is 3.28. The van der Waals surface area contributed by atoms with Crippen LogP contribution < -0.4 is 25.0 Å². The molecule has 0 bridgehead atoms. The van der Waals surface area contributed by atoms with Gasteiger partial charge in [0.05, 0.1) is 28.3 Å².